The topological polar surface area (TPSA) is 115 Å². The minimum absolute atomic E-state index is 0.0191. The van der Waals surface area contributed by atoms with Crippen LogP contribution in [0.25, 0.3) is 0 Å². The third kappa shape index (κ3) is 12.6. The summed E-state index contributed by atoms with van der Waals surface area (Å²) < 4.78 is 0. The molecule has 0 fully saturated rings. The Hall–Kier alpha value is -1.63. The number of aliphatic carboxylic acids is 3. The van der Waals surface area contributed by atoms with Crippen molar-refractivity contribution in [1.29, 1.82) is 0 Å². The quantitative estimate of drug-likeness (QED) is 0.453. The molecular weight excluding hydrogens is 254 g/mol. The van der Waals surface area contributed by atoms with Crippen molar-refractivity contribution in [3.05, 3.63) is 0 Å². The van der Waals surface area contributed by atoms with Crippen molar-refractivity contribution in [2.45, 2.75) is 38.5 Å². The Kier molecular flexibility index (Phi) is 9.42. The van der Waals surface area contributed by atoms with Gasteiger partial charge in [-0.05, 0) is 19.4 Å². The summed E-state index contributed by atoms with van der Waals surface area (Å²) in [5, 5.41) is 25.7. The molecule has 0 spiro atoms. The Morgan fingerprint density at radius 3 is 1.53 bits per heavy atom. The van der Waals surface area contributed by atoms with Crippen molar-refractivity contribution in [2.75, 3.05) is 19.6 Å². The normalized spacial score (nSPS) is 10.6. The molecule has 0 aliphatic rings. The van der Waals surface area contributed by atoms with Gasteiger partial charge in [-0.3, -0.25) is 14.4 Å². The lowest BCUT2D eigenvalue weighted by Gasteiger charge is -2.20. The van der Waals surface area contributed by atoms with E-state index in [4.69, 9.17) is 15.3 Å². The van der Waals surface area contributed by atoms with Crippen LogP contribution in [-0.4, -0.2) is 57.8 Å². The molecule has 0 heterocycles. The highest BCUT2D eigenvalue weighted by Gasteiger charge is 2.09. The van der Waals surface area contributed by atoms with E-state index in [2.05, 4.69) is 0 Å². The summed E-state index contributed by atoms with van der Waals surface area (Å²) in [6, 6.07) is 0. The van der Waals surface area contributed by atoms with Crippen LogP contribution in [-0.2, 0) is 14.4 Å². The lowest BCUT2D eigenvalue weighted by Crippen LogP contribution is -2.30. The lowest BCUT2D eigenvalue weighted by molar-refractivity contribution is -0.138. The van der Waals surface area contributed by atoms with Crippen LogP contribution in [0.2, 0.25) is 0 Å². The molecule has 0 aliphatic heterocycles. The molecule has 0 amide bonds. The van der Waals surface area contributed by atoms with Gasteiger partial charge in [0.1, 0.15) is 0 Å². The second-order valence-electron chi connectivity index (χ2n) is 4.33. The van der Waals surface area contributed by atoms with Crippen LogP contribution in [0.3, 0.4) is 0 Å². The summed E-state index contributed by atoms with van der Waals surface area (Å²) in [5.41, 5.74) is 0. The number of hydrogen-bond donors (Lipinski definition) is 3. The molecule has 0 saturated carbocycles. The zero-order valence-electron chi connectivity index (χ0n) is 10.9. The van der Waals surface area contributed by atoms with E-state index < -0.39 is 17.9 Å². The zero-order valence-corrected chi connectivity index (χ0v) is 10.9. The van der Waals surface area contributed by atoms with E-state index in [9.17, 15) is 14.4 Å². The van der Waals surface area contributed by atoms with Gasteiger partial charge in [0.15, 0.2) is 0 Å². The average Bonchev–Trinajstić information content (AvgIpc) is 2.30. The number of unbranched alkanes of at least 4 members (excludes halogenated alkanes) is 2. The summed E-state index contributed by atoms with van der Waals surface area (Å²) in [4.78, 5) is 33.1. The second-order valence-corrected chi connectivity index (χ2v) is 4.33. The van der Waals surface area contributed by atoms with Crippen LogP contribution in [0.15, 0.2) is 0 Å². The number of nitrogens with zero attached hydrogens (tertiary/aromatic N) is 1. The van der Waals surface area contributed by atoms with Crippen molar-refractivity contribution in [3.63, 3.8) is 0 Å². The van der Waals surface area contributed by atoms with Gasteiger partial charge in [0.2, 0.25) is 0 Å². The van der Waals surface area contributed by atoms with Gasteiger partial charge in [0.05, 0.1) is 12.8 Å². The molecule has 0 aromatic carbocycles. The molecule has 0 unspecified atom stereocenters. The second kappa shape index (κ2) is 10.3. The van der Waals surface area contributed by atoms with E-state index >= 15 is 0 Å². The van der Waals surface area contributed by atoms with E-state index in [0.29, 0.717) is 26.1 Å². The Morgan fingerprint density at radius 1 is 0.632 bits per heavy atom. The smallest absolute Gasteiger partial charge is 0.304 e. The number of hydrogen-bond acceptors (Lipinski definition) is 4. The number of carbonyl (C=O) groups is 3. The first kappa shape index (κ1) is 17.4. The molecule has 0 rings (SSSR count). The molecule has 0 aliphatic carbocycles. The van der Waals surface area contributed by atoms with Gasteiger partial charge in [0, 0.05) is 19.5 Å². The summed E-state index contributed by atoms with van der Waals surface area (Å²) in [5.74, 6) is -2.65. The zero-order chi connectivity index (χ0) is 14.7. The predicted molar refractivity (Wildman–Crippen MR) is 67.0 cm³/mol. The number of carboxylic acid groups (broad SMARTS) is 3. The van der Waals surface area contributed by atoms with Crippen LogP contribution in [0.4, 0.5) is 0 Å². The molecular formula is C12H21NO6. The van der Waals surface area contributed by atoms with Crippen LogP contribution >= 0.6 is 0 Å². The standard InChI is InChI=1S/C12H21NO6/c14-10(15)4-2-1-3-7-13(8-5-11(16)17)9-6-12(18)19/h1-9H2,(H,14,15)(H,16,17)(H,18,19). The fourth-order valence-electron chi connectivity index (χ4n) is 1.63. The monoisotopic (exact) mass is 275 g/mol. The minimum atomic E-state index is -0.911. The summed E-state index contributed by atoms with van der Waals surface area (Å²) >= 11 is 0. The van der Waals surface area contributed by atoms with E-state index in [1.54, 1.807) is 4.90 Å². The molecule has 0 saturated heterocycles. The van der Waals surface area contributed by atoms with E-state index in [1.807, 2.05) is 0 Å². The van der Waals surface area contributed by atoms with Crippen molar-refractivity contribution in [2.24, 2.45) is 0 Å². The molecule has 110 valence electrons. The molecule has 3 N–H and O–H groups in total. The fraction of sp³-hybridized carbons (Fsp3) is 0.750. The van der Waals surface area contributed by atoms with Crippen LogP contribution in [0.1, 0.15) is 38.5 Å². The lowest BCUT2D eigenvalue weighted by atomic mass is 10.2. The summed E-state index contributed by atoms with van der Waals surface area (Å²) in [7, 11) is 0. The Morgan fingerprint density at radius 2 is 1.11 bits per heavy atom. The molecule has 0 bridgehead atoms. The van der Waals surface area contributed by atoms with Crippen molar-refractivity contribution < 1.29 is 29.7 Å². The fourth-order valence-corrected chi connectivity index (χ4v) is 1.63. The first-order valence-corrected chi connectivity index (χ1v) is 6.29. The van der Waals surface area contributed by atoms with E-state index in [0.717, 1.165) is 12.8 Å². The Bertz CT molecular complexity index is 287. The highest BCUT2D eigenvalue weighted by atomic mass is 16.4. The maximum Gasteiger partial charge on any atom is 0.304 e. The third-order valence-electron chi connectivity index (χ3n) is 2.65. The first-order valence-electron chi connectivity index (χ1n) is 6.29. The first-order chi connectivity index (χ1) is 8.91. The van der Waals surface area contributed by atoms with Gasteiger partial charge in [-0.25, -0.2) is 0 Å². The Labute approximate surface area is 111 Å². The summed E-state index contributed by atoms with van der Waals surface area (Å²) in [6.45, 7) is 1.24. The van der Waals surface area contributed by atoms with Crippen molar-refractivity contribution in [1.82, 2.24) is 4.90 Å². The third-order valence-corrected chi connectivity index (χ3v) is 2.65. The SMILES string of the molecule is O=C(O)CCCCCN(CCC(=O)O)CCC(=O)O. The molecule has 0 aromatic rings. The molecule has 7 nitrogen and oxygen atoms in total. The van der Waals surface area contributed by atoms with Gasteiger partial charge < -0.3 is 20.2 Å². The number of rotatable bonds is 12. The maximum atomic E-state index is 10.5. The molecule has 0 aromatic heterocycles. The highest BCUT2D eigenvalue weighted by Crippen LogP contribution is 2.04. The molecule has 0 radical (unpaired) electrons. The van der Waals surface area contributed by atoms with Gasteiger partial charge in [-0.2, -0.15) is 0 Å². The highest BCUT2D eigenvalue weighted by molar-refractivity contribution is 5.67. The van der Waals surface area contributed by atoms with Crippen LogP contribution in [0, 0.1) is 0 Å². The number of carboxylic acids is 3. The van der Waals surface area contributed by atoms with Crippen LogP contribution in [0.5, 0.6) is 0 Å². The summed E-state index contributed by atoms with van der Waals surface area (Å²) in [6.07, 6.45) is 2.16. The van der Waals surface area contributed by atoms with Gasteiger partial charge >= 0.3 is 17.9 Å². The van der Waals surface area contributed by atoms with Gasteiger partial charge in [0.25, 0.3) is 0 Å². The largest absolute Gasteiger partial charge is 0.481 e. The van der Waals surface area contributed by atoms with E-state index in [1.165, 1.54) is 0 Å². The predicted octanol–water partition coefficient (Wildman–Crippen LogP) is 0.883. The van der Waals surface area contributed by atoms with Crippen LogP contribution < -0.4 is 0 Å². The Balaban J connectivity index is 3.86. The van der Waals surface area contributed by atoms with Crippen molar-refractivity contribution in [3.8, 4) is 0 Å². The van der Waals surface area contributed by atoms with Gasteiger partial charge in [-0.15, -0.1) is 0 Å². The van der Waals surface area contributed by atoms with E-state index in [-0.39, 0.29) is 19.3 Å². The maximum absolute atomic E-state index is 10.5. The molecule has 0 atom stereocenters. The minimum Gasteiger partial charge on any atom is -0.481 e. The average molecular weight is 275 g/mol. The molecule has 7 heteroatoms. The molecule has 19 heavy (non-hydrogen) atoms. The van der Waals surface area contributed by atoms with Gasteiger partial charge in [-0.1, -0.05) is 6.42 Å². The van der Waals surface area contributed by atoms with Crippen molar-refractivity contribution >= 4 is 17.9 Å².